The van der Waals surface area contributed by atoms with Gasteiger partial charge in [0, 0.05) is 12.1 Å². The van der Waals surface area contributed by atoms with Crippen LogP contribution in [0.5, 0.6) is 11.5 Å². The topological polar surface area (TPSA) is 112 Å². The minimum absolute atomic E-state index is 0.113. The number of amides is 1. The third kappa shape index (κ3) is 6.42. The number of aromatic carboxylic acids is 1. The van der Waals surface area contributed by atoms with Crippen LogP contribution in [0.25, 0.3) is 6.08 Å². The highest BCUT2D eigenvalue weighted by Crippen LogP contribution is 2.40. The van der Waals surface area contributed by atoms with E-state index in [1.165, 1.54) is 28.8 Å². The average molecular weight is 562 g/mol. The van der Waals surface area contributed by atoms with Gasteiger partial charge in [-0.1, -0.05) is 35.9 Å². The van der Waals surface area contributed by atoms with Gasteiger partial charge in [-0.15, -0.1) is 0 Å². The number of carboxylic acid groups (broad SMARTS) is 1. The van der Waals surface area contributed by atoms with Crippen LogP contribution < -0.4 is 9.47 Å². The predicted octanol–water partition coefficient (Wildman–Crippen LogP) is 6.51. The van der Waals surface area contributed by atoms with Crippen LogP contribution in [-0.2, 0) is 11.4 Å². The molecule has 0 unspecified atom stereocenters. The summed E-state index contributed by atoms with van der Waals surface area (Å²) in [5, 5.41) is 19.4. The van der Waals surface area contributed by atoms with Crippen molar-refractivity contribution in [2.24, 2.45) is 4.99 Å². The molecule has 0 aromatic heterocycles. The largest absolute Gasteiger partial charge is 0.490 e. The molecule has 0 bridgehead atoms. The van der Waals surface area contributed by atoms with Gasteiger partial charge < -0.3 is 14.6 Å². The molecule has 0 aliphatic carbocycles. The van der Waals surface area contributed by atoms with E-state index in [-0.39, 0.29) is 18.1 Å². The number of hydrogen-bond acceptors (Lipinski definition) is 7. The van der Waals surface area contributed by atoms with Crippen molar-refractivity contribution >= 4 is 52.2 Å². The van der Waals surface area contributed by atoms with Crippen molar-refractivity contribution in [2.45, 2.75) is 20.5 Å². The minimum atomic E-state index is -1.05. The maximum absolute atomic E-state index is 13.1. The normalized spacial score (nSPS) is 15.0. The zero-order valence-electron chi connectivity index (χ0n) is 21.2. The molecular weight excluding hydrogens is 538 g/mol. The smallest absolute Gasteiger partial charge is 0.335 e. The summed E-state index contributed by atoms with van der Waals surface area (Å²) in [6, 6.07) is 18.9. The Hall–Kier alpha value is -4.26. The van der Waals surface area contributed by atoms with E-state index in [1.807, 2.05) is 26.0 Å². The molecule has 8 nitrogen and oxygen atoms in total. The summed E-state index contributed by atoms with van der Waals surface area (Å²) < 4.78 is 11.8. The van der Waals surface area contributed by atoms with E-state index in [0.29, 0.717) is 56.6 Å². The first-order valence-electron chi connectivity index (χ1n) is 12.0. The Labute approximate surface area is 235 Å². The molecule has 4 rings (SSSR count). The van der Waals surface area contributed by atoms with Crippen molar-refractivity contribution in [3.8, 4) is 17.6 Å². The van der Waals surface area contributed by atoms with Gasteiger partial charge in [-0.3, -0.25) is 9.69 Å². The fraction of sp³-hybridized carbons (Fsp3) is 0.172. The number of hydrogen-bond donors (Lipinski definition) is 1. The Morgan fingerprint density at radius 2 is 1.95 bits per heavy atom. The molecule has 0 atom stereocenters. The number of aliphatic imine (C=N–C) groups is 1. The Morgan fingerprint density at radius 3 is 2.67 bits per heavy atom. The van der Waals surface area contributed by atoms with Crippen molar-refractivity contribution < 1.29 is 24.2 Å². The number of rotatable bonds is 9. The lowest BCUT2D eigenvalue weighted by Crippen LogP contribution is -2.28. The Balaban J connectivity index is 1.63. The summed E-state index contributed by atoms with van der Waals surface area (Å²) in [5.41, 5.74) is 2.41. The van der Waals surface area contributed by atoms with Crippen molar-refractivity contribution in [3.05, 3.63) is 92.8 Å². The summed E-state index contributed by atoms with van der Waals surface area (Å²) in [6.07, 6.45) is 1.70. The van der Waals surface area contributed by atoms with Crippen molar-refractivity contribution in [2.75, 3.05) is 13.2 Å². The number of nitrogens with zero attached hydrogens (tertiary/aromatic N) is 3. The summed E-state index contributed by atoms with van der Waals surface area (Å²) in [7, 11) is 0. The maximum Gasteiger partial charge on any atom is 0.335 e. The van der Waals surface area contributed by atoms with Gasteiger partial charge >= 0.3 is 5.97 Å². The fourth-order valence-electron chi connectivity index (χ4n) is 3.82. The molecule has 3 aromatic carbocycles. The second-order valence-corrected chi connectivity index (χ2v) is 9.65. The van der Waals surface area contributed by atoms with E-state index in [2.05, 4.69) is 11.1 Å². The lowest BCUT2D eigenvalue weighted by Gasteiger charge is -2.15. The van der Waals surface area contributed by atoms with E-state index in [0.717, 1.165) is 5.56 Å². The van der Waals surface area contributed by atoms with E-state index in [4.69, 9.17) is 21.1 Å². The van der Waals surface area contributed by atoms with Gasteiger partial charge in [-0.05, 0) is 73.6 Å². The van der Waals surface area contributed by atoms with Crippen LogP contribution in [0.3, 0.4) is 0 Å². The van der Waals surface area contributed by atoms with Crippen LogP contribution in [0.15, 0.2) is 70.6 Å². The highest BCUT2D eigenvalue weighted by atomic mass is 35.5. The third-order valence-electron chi connectivity index (χ3n) is 5.66. The van der Waals surface area contributed by atoms with Crippen LogP contribution >= 0.6 is 23.4 Å². The number of halogens is 1. The number of amidine groups is 1. The van der Waals surface area contributed by atoms with Gasteiger partial charge in [0.2, 0.25) is 0 Å². The number of nitriles is 1. The molecule has 0 radical (unpaired) electrons. The van der Waals surface area contributed by atoms with Crippen LogP contribution in [-0.4, -0.2) is 40.2 Å². The van der Waals surface area contributed by atoms with Crippen molar-refractivity contribution in [3.63, 3.8) is 0 Å². The van der Waals surface area contributed by atoms with E-state index >= 15 is 0 Å². The molecule has 1 fully saturated rings. The third-order valence-corrected chi connectivity index (χ3v) is 6.95. The van der Waals surface area contributed by atoms with Gasteiger partial charge in [0.25, 0.3) is 5.91 Å². The minimum Gasteiger partial charge on any atom is -0.490 e. The molecule has 39 heavy (non-hydrogen) atoms. The molecule has 1 heterocycles. The molecule has 1 saturated heterocycles. The highest BCUT2D eigenvalue weighted by molar-refractivity contribution is 8.18. The number of carboxylic acids is 1. The van der Waals surface area contributed by atoms with Gasteiger partial charge in [-0.2, -0.15) is 5.26 Å². The standard InChI is InChI=1S/C29H24ClN3O5S/c1-3-33-27(34)25(39-29(33)32-22-11-7-10-19(15-22)28(35)36)14-18-12-23(30)26(24(13-18)37-4-2)38-17-21-9-6-5-8-20(21)16-31/h5-15H,3-4,17H2,1-2H3,(H,35,36). The lowest BCUT2D eigenvalue weighted by atomic mass is 10.1. The number of ether oxygens (including phenoxy) is 2. The lowest BCUT2D eigenvalue weighted by molar-refractivity contribution is -0.122. The van der Waals surface area contributed by atoms with Crippen LogP contribution in [0.4, 0.5) is 5.69 Å². The van der Waals surface area contributed by atoms with Crippen molar-refractivity contribution in [1.82, 2.24) is 4.90 Å². The molecule has 3 aromatic rings. The first kappa shape index (κ1) is 27.8. The summed E-state index contributed by atoms with van der Waals surface area (Å²) in [6.45, 7) is 4.57. The van der Waals surface area contributed by atoms with Crippen LogP contribution in [0.2, 0.25) is 5.02 Å². The average Bonchev–Trinajstić information content (AvgIpc) is 3.21. The van der Waals surface area contributed by atoms with Crippen molar-refractivity contribution in [1.29, 1.82) is 5.26 Å². The second-order valence-electron chi connectivity index (χ2n) is 8.23. The zero-order chi connectivity index (χ0) is 27.9. The zero-order valence-corrected chi connectivity index (χ0v) is 22.8. The maximum atomic E-state index is 13.1. The first-order valence-corrected chi connectivity index (χ1v) is 13.2. The number of thioether (sulfide) groups is 1. The molecule has 1 amide bonds. The van der Waals surface area contributed by atoms with Gasteiger partial charge in [0.05, 0.1) is 39.4 Å². The molecule has 10 heteroatoms. The molecule has 198 valence electrons. The van der Waals surface area contributed by atoms with Gasteiger partial charge in [-0.25, -0.2) is 9.79 Å². The number of carbonyl (C=O) groups is 2. The molecule has 1 aliphatic heterocycles. The van der Waals surface area contributed by atoms with Gasteiger partial charge in [0.1, 0.15) is 6.61 Å². The number of carbonyl (C=O) groups excluding carboxylic acids is 1. The van der Waals surface area contributed by atoms with E-state index < -0.39 is 5.97 Å². The van der Waals surface area contributed by atoms with E-state index in [1.54, 1.807) is 42.5 Å². The Bertz CT molecular complexity index is 1530. The SMILES string of the molecule is CCOc1cc(C=C2SC(=Nc3cccc(C(=O)O)c3)N(CC)C2=O)cc(Cl)c1OCc1ccccc1C#N. The second kappa shape index (κ2) is 12.5. The fourth-order valence-corrected chi connectivity index (χ4v) is 5.16. The number of benzene rings is 3. The molecular formula is C29H24ClN3O5S. The summed E-state index contributed by atoms with van der Waals surface area (Å²) >= 11 is 7.78. The highest BCUT2D eigenvalue weighted by Gasteiger charge is 2.32. The molecule has 1 N–H and O–H groups in total. The van der Waals surface area contributed by atoms with E-state index in [9.17, 15) is 20.0 Å². The quantitative estimate of drug-likeness (QED) is 0.296. The van der Waals surface area contributed by atoms with Crippen LogP contribution in [0, 0.1) is 11.3 Å². The Morgan fingerprint density at radius 1 is 1.15 bits per heavy atom. The molecule has 0 spiro atoms. The number of likely N-dealkylation sites (N-methyl/N-ethyl adjacent to an activating group) is 1. The molecule has 0 saturated carbocycles. The monoisotopic (exact) mass is 561 g/mol. The first-order chi connectivity index (χ1) is 18.8. The molecule has 1 aliphatic rings. The predicted molar refractivity (Wildman–Crippen MR) is 152 cm³/mol. The summed E-state index contributed by atoms with van der Waals surface area (Å²) in [4.78, 5) is 30.9. The van der Waals surface area contributed by atoms with Crippen LogP contribution in [0.1, 0.15) is 40.9 Å². The van der Waals surface area contributed by atoms with Gasteiger partial charge in [0.15, 0.2) is 16.7 Å². The Kier molecular flexibility index (Phi) is 8.92. The summed E-state index contributed by atoms with van der Waals surface area (Å²) in [5.74, 6) is -0.523.